The summed E-state index contributed by atoms with van der Waals surface area (Å²) in [5.41, 5.74) is 9.09. The normalized spacial score (nSPS) is 10.4. The van der Waals surface area contributed by atoms with Gasteiger partial charge in [0.2, 0.25) is 5.88 Å². The van der Waals surface area contributed by atoms with E-state index < -0.39 is 0 Å². The Morgan fingerprint density at radius 2 is 1.89 bits per heavy atom. The number of aromatic nitrogens is 2. The third-order valence-corrected chi connectivity index (χ3v) is 2.72. The molecular formula is C14H17N3O. The fourth-order valence-corrected chi connectivity index (χ4v) is 1.66. The molecule has 0 aromatic carbocycles. The number of hydrogen-bond acceptors (Lipinski definition) is 4. The van der Waals surface area contributed by atoms with Gasteiger partial charge in [-0.05, 0) is 38.5 Å². The summed E-state index contributed by atoms with van der Waals surface area (Å²) in [5.74, 6) is 1.29. The summed E-state index contributed by atoms with van der Waals surface area (Å²) in [6.45, 7) is 5.88. The van der Waals surface area contributed by atoms with E-state index >= 15 is 0 Å². The second kappa shape index (κ2) is 5.04. The molecule has 2 heterocycles. The second-order valence-electron chi connectivity index (χ2n) is 4.18. The van der Waals surface area contributed by atoms with Gasteiger partial charge in [0.05, 0.1) is 17.1 Å². The maximum atomic E-state index is 5.76. The van der Waals surface area contributed by atoms with Gasteiger partial charge < -0.3 is 10.5 Å². The summed E-state index contributed by atoms with van der Waals surface area (Å²) < 4.78 is 5.76. The van der Waals surface area contributed by atoms with Gasteiger partial charge in [-0.25, -0.2) is 4.98 Å². The van der Waals surface area contributed by atoms with Gasteiger partial charge in [-0.2, -0.15) is 0 Å². The molecule has 0 saturated heterocycles. The van der Waals surface area contributed by atoms with Crippen LogP contribution in [0.2, 0.25) is 0 Å². The molecule has 2 rings (SSSR count). The number of aryl methyl sites for hydroxylation is 3. The molecule has 0 unspecified atom stereocenters. The van der Waals surface area contributed by atoms with E-state index in [1.54, 1.807) is 12.1 Å². The number of nitrogens with zero attached hydrogens (tertiary/aromatic N) is 2. The average molecular weight is 243 g/mol. The van der Waals surface area contributed by atoms with Crippen LogP contribution in [-0.4, -0.2) is 9.97 Å². The first-order chi connectivity index (χ1) is 8.60. The van der Waals surface area contributed by atoms with Gasteiger partial charge in [0, 0.05) is 11.8 Å². The van der Waals surface area contributed by atoms with E-state index in [9.17, 15) is 0 Å². The molecule has 0 atom stereocenters. The minimum absolute atomic E-state index is 0.544. The van der Waals surface area contributed by atoms with Crippen molar-refractivity contribution in [2.24, 2.45) is 0 Å². The van der Waals surface area contributed by atoms with Crippen molar-refractivity contribution in [3.8, 4) is 11.6 Å². The summed E-state index contributed by atoms with van der Waals surface area (Å²) in [5, 5.41) is 0. The minimum Gasteiger partial charge on any atom is -0.437 e. The van der Waals surface area contributed by atoms with Crippen LogP contribution in [0.15, 0.2) is 24.3 Å². The summed E-state index contributed by atoms with van der Waals surface area (Å²) in [7, 11) is 0. The molecule has 0 aliphatic rings. The molecular weight excluding hydrogens is 226 g/mol. The number of hydrogen-bond donors (Lipinski definition) is 1. The summed E-state index contributed by atoms with van der Waals surface area (Å²) in [4.78, 5) is 8.74. The van der Waals surface area contributed by atoms with Crippen LogP contribution in [0.1, 0.15) is 24.0 Å². The van der Waals surface area contributed by atoms with Gasteiger partial charge >= 0.3 is 0 Å². The highest BCUT2D eigenvalue weighted by atomic mass is 16.5. The second-order valence-corrected chi connectivity index (χ2v) is 4.18. The summed E-state index contributed by atoms with van der Waals surface area (Å²) in [6.07, 6.45) is 0.824. The largest absolute Gasteiger partial charge is 0.437 e. The Balaban J connectivity index is 2.30. The zero-order valence-electron chi connectivity index (χ0n) is 10.9. The molecule has 2 aromatic heterocycles. The highest BCUT2D eigenvalue weighted by molar-refractivity contribution is 5.44. The van der Waals surface area contributed by atoms with Crippen molar-refractivity contribution >= 4 is 5.69 Å². The third kappa shape index (κ3) is 2.59. The first-order valence-corrected chi connectivity index (χ1v) is 5.97. The Labute approximate surface area is 107 Å². The number of rotatable bonds is 3. The number of pyridine rings is 2. The Kier molecular flexibility index (Phi) is 3.46. The van der Waals surface area contributed by atoms with Crippen LogP contribution in [0.4, 0.5) is 5.69 Å². The van der Waals surface area contributed by atoms with Gasteiger partial charge in [0.15, 0.2) is 5.75 Å². The molecule has 0 saturated carbocycles. The van der Waals surface area contributed by atoms with Gasteiger partial charge in [-0.15, -0.1) is 0 Å². The highest BCUT2D eigenvalue weighted by Crippen LogP contribution is 2.24. The number of nitrogen functional groups attached to an aromatic ring is 1. The number of ether oxygens (including phenoxy) is 1. The maximum Gasteiger partial charge on any atom is 0.219 e. The molecule has 4 nitrogen and oxygen atoms in total. The average Bonchev–Trinajstić information content (AvgIpc) is 2.36. The van der Waals surface area contributed by atoms with Crippen molar-refractivity contribution in [2.45, 2.75) is 27.2 Å². The van der Waals surface area contributed by atoms with Crippen LogP contribution >= 0.6 is 0 Å². The van der Waals surface area contributed by atoms with Crippen molar-refractivity contribution in [2.75, 3.05) is 5.73 Å². The van der Waals surface area contributed by atoms with Crippen molar-refractivity contribution in [1.82, 2.24) is 9.97 Å². The lowest BCUT2D eigenvalue weighted by atomic mass is 10.2. The first-order valence-electron chi connectivity index (χ1n) is 5.97. The highest BCUT2D eigenvalue weighted by Gasteiger charge is 2.07. The molecule has 2 N–H and O–H groups in total. The summed E-state index contributed by atoms with van der Waals surface area (Å²) >= 11 is 0. The fourth-order valence-electron chi connectivity index (χ4n) is 1.66. The van der Waals surface area contributed by atoms with Gasteiger partial charge in [0.1, 0.15) is 0 Å². The molecule has 4 heteroatoms. The van der Waals surface area contributed by atoms with Crippen molar-refractivity contribution in [1.29, 1.82) is 0 Å². The molecule has 94 valence electrons. The Morgan fingerprint density at radius 3 is 2.56 bits per heavy atom. The van der Waals surface area contributed by atoms with Crippen LogP contribution in [-0.2, 0) is 6.42 Å². The van der Waals surface area contributed by atoms with E-state index in [1.165, 1.54) is 0 Å². The maximum absolute atomic E-state index is 5.76. The standard InChI is InChI=1S/C14H17N3O/c1-4-12-13(7-5-9(2)16-12)18-14-8-6-11(15)10(3)17-14/h5-8H,4,15H2,1-3H3. The van der Waals surface area contributed by atoms with Crippen molar-refractivity contribution < 1.29 is 4.74 Å². The fraction of sp³-hybridized carbons (Fsp3) is 0.286. The van der Waals surface area contributed by atoms with E-state index in [2.05, 4.69) is 16.9 Å². The Bertz CT molecular complexity index is 567. The Morgan fingerprint density at radius 1 is 1.11 bits per heavy atom. The molecule has 0 aliphatic carbocycles. The predicted molar refractivity (Wildman–Crippen MR) is 71.8 cm³/mol. The van der Waals surface area contributed by atoms with E-state index in [0.717, 1.165) is 29.3 Å². The molecule has 0 spiro atoms. The lowest BCUT2D eigenvalue weighted by molar-refractivity contribution is 0.453. The number of nitrogens with two attached hydrogens (primary N) is 1. The minimum atomic E-state index is 0.544. The SMILES string of the molecule is CCc1nc(C)ccc1Oc1ccc(N)c(C)n1. The third-order valence-electron chi connectivity index (χ3n) is 2.72. The zero-order valence-corrected chi connectivity index (χ0v) is 10.9. The van der Waals surface area contributed by atoms with Crippen molar-refractivity contribution in [3.05, 3.63) is 41.3 Å². The lowest BCUT2D eigenvalue weighted by Crippen LogP contribution is -1.99. The van der Waals surface area contributed by atoms with Gasteiger partial charge in [0.25, 0.3) is 0 Å². The van der Waals surface area contributed by atoms with E-state index in [4.69, 9.17) is 10.5 Å². The van der Waals surface area contributed by atoms with Crippen LogP contribution < -0.4 is 10.5 Å². The monoisotopic (exact) mass is 243 g/mol. The first kappa shape index (κ1) is 12.4. The molecule has 2 aromatic rings. The molecule has 0 radical (unpaired) electrons. The van der Waals surface area contributed by atoms with Crippen LogP contribution in [0.5, 0.6) is 11.6 Å². The lowest BCUT2D eigenvalue weighted by Gasteiger charge is -2.10. The zero-order chi connectivity index (χ0) is 13.1. The Hall–Kier alpha value is -2.10. The van der Waals surface area contributed by atoms with Crippen LogP contribution in [0, 0.1) is 13.8 Å². The number of anilines is 1. The van der Waals surface area contributed by atoms with Crippen molar-refractivity contribution in [3.63, 3.8) is 0 Å². The summed E-state index contributed by atoms with van der Waals surface area (Å²) in [6, 6.07) is 7.42. The molecule has 0 bridgehead atoms. The quantitative estimate of drug-likeness (QED) is 0.900. The molecule has 18 heavy (non-hydrogen) atoms. The molecule has 0 aliphatic heterocycles. The molecule has 0 fully saturated rings. The van der Waals surface area contributed by atoms with Gasteiger partial charge in [-0.1, -0.05) is 6.92 Å². The van der Waals surface area contributed by atoms with E-state index in [0.29, 0.717) is 11.6 Å². The topological polar surface area (TPSA) is 61.0 Å². The van der Waals surface area contributed by atoms with Crippen LogP contribution in [0.25, 0.3) is 0 Å². The van der Waals surface area contributed by atoms with Gasteiger partial charge in [-0.3, -0.25) is 4.98 Å². The van der Waals surface area contributed by atoms with Crippen LogP contribution in [0.3, 0.4) is 0 Å². The smallest absolute Gasteiger partial charge is 0.219 e. The van der Waals surface area contributed by atoms with E-state index in [-0.39, 0.29) is 0 Å². The predicted octanol–water partition coefficient (Wildman–Crippen LogP) is 3.03. The van der Waals surface area contributed by atoms with E-state index in [1.807, 2.05) is 26.0 Å². The molecule has 0 amide bonds.